The number of rotatable bonds is 3. The minimum atomic E-state index is -0.909. The lowest BCUT2D eigenvalue weighted by Crippen LogP contribution is -2.34. The number of carbonyl (C=O) groups excluding carboxylic acids is 1. The Morgan fingerprint density at radius 2 is 2.50 bits per heavy atom. The van der Waals surface area contributed by atoms with E-state index >= 15 is 0 Å². The van der Waals surface area contributed by atoms with E-state index in [9.17, 15) is 9.59 Å². The van der Waals surface area contributed by atoms with Gasteiger partial charge in [0.15, 0.2) is 0 Å². The second-order valence-electron chi connectivity index (χ2n) is 3.54. The summed E-state index contributed by atoms with van der Waals surface area (Å²) >= 11 is 0. The van der Waals surface area contributed by atoms with Crippen molar-refractivity contribution >= 4 is 11.9 Å². The maximum Gasteiger partial charge on any atom is 0.308 e. The van der Waals surface area contributed by atoms with Crippen molar-refractivity contribution < 1.29 is 14.7 Å². The van der Waals surface area contributed by atoms with Crippen LogP contribution in [0.4, 0.5) is 0 Å². The van der Waals surface area contributed by atoms with Crippen LogP contribution >= 0.6 is 0 Å². The number of carbonyl (C=O) groups is 2. The predicted molar refractivity (Wildman–Crippen MR) is 50.4 cm³/mol. The number of nitrogens with zero attached hydrogens (tertiary/aromatic N) is 1. The molecule has 76 valence electrons. The molecular formula is C10H13NO3. The lowest BCUT2D eigenvalue weighted by atomic mass is 10.1. The number of terminal acetylenes is 1. The Morgan fingerprint density at radius 3 is 2.93 bits per heavy atom. The first-order chi connectivity index (χ1) is 6.56. The van der Waals surface area contributed by atoms with E-state index in [1.807, 2.05) is 6.92 Å². The summed E-state index contributed by atoms with van der Waals surface area (Å²) < 4.78 is 0. The van der Waals surface area contributed by atoms with E-state index in [1.54, 1.807) is 4.90 Å². The van der Waals surface area contributed by atoms with E-state index in [0.29, 0.717) is 6.42 Å². The number of carboxylic acid groups (broad SMARTS) is 1. The zero-order chi connectivity index (χ0) is 10.7. The van der Waals surface area contributed by atoms with Crippen LogP contribution in [-0.2, 0) is 9.59 Å². The number of aliphatic carboxylic acids is 1. The summed E-state index contributed by atoms with van der Waals surface area (Å²) in [4.78, 5) is 23.6. The van der Waals surface area contributed by atoms with Crippen LogP contribution in [0.25, 0.3) is 0 Å². The predicted octanol–water partition coefficient (Wildman–Crippen LogP) is 0.331. The van der Waals surface area contributed by atoms with E-state index in [2.05, 4.69) is 5.92 Å². The molecule has 1 saturated heterocycles. The standard InChI is InChI=1S/C10H13NO3/c1-3-4-7(2)11-6-8(10(13)14)5-9(11)12/h1,7-8H,4-6H2,2H3,(H,13,14). The summed E-state index contributed by atoms with van der Waals surface area (Å²) in [7, 11) is 0. The van der Waals surface area contributed by atoms with Crippen LogP contribution in [0, 0.1) is 18.3 Å². The molecule has 1 heterocycles. The molecule has 1 N–H and O–H groups in total. The highest BCUT2D eigenvalue weighted by Crippen LogP contribution is 2.21. The molecule has 0 bridgehead atoms. The van der Waals surface area contributed by atoms with E-state index in [1.165, 1.54) is 0 Å². The first kappa shape index (κ1) is 10.6. The molecule has 14 heavy (non-hydrogen) atoms. The summed E-state index contributed by atoms with van der Waals surface area (Å²) in [5, 5.41) is 8.74. The van der Waals surface area contributed by atoms with Crippen molar-refractivity contribution in [2.24, 2.45) is 5.92 Å². The molecule has 1 rings (SSSR count). The monoisotopic (exact) mass is 195 g/mol. The summed E-state index contributed by atoms with van der Waals surface area (Å²) in [6, 6.07) is -0.0585. The van der Waals surface area contributed by atoms with E-state index < -0.39 is 11.9 Å². The second kappa shape index (κ2) is 4.14. The van der Waals surface area contributed by atoms with E-state index in [4.69, 9.17) is 11.5 Å². The largest absolute Gasteiger partial charge is 0.481 e. The van der Waals surface area contributed by atoms with Gasteiger partial charge in [0, 0.05) is 25.4 Å². The average molecular weight is 195 g/mol. The van der Waals surface area contributed by atoms with Gasteiger partial charge in [-0.1, -0.05) is 0 Å². The molecule has 4 nitrogen and oxygen atoms in total. The summed E-state index contributed by atoms with van der Waals surface area (Å²) in [5.74, 6) is 0.881. The number of carboxylic acids is 1. The molecule has 1 fully saturated rings. The first-order valence-corrected chi connectivity index (χ1v) is 4.52. The van der Waals surface area contributed by atoms with Crippen molar-refractivity contribution in [1.29, 1.82) is 0 Å². The SMILES string of the molecule is C#CCC(C)N1CC(C(=O)O)CC1=O. The van der Waals surface area contributed by atoms with Crippen molar-refractivity contribution in [3.63, 3.8) is 0 Å². The van der Waals surface area contributed by atoms with Gasteiger partial charge in [0.2, 0.25) is 5.91 Å². The van der Waals surface area contributed by atoms with Gasteiger partial charge in [-0.05, 0) is 6.92 Å². The number of hydrogen-bond acceptors (Lipinski definition) is 2. The van der Waals surface area contributed by atoms with Crippen LogP contribution in [0.15, 0.2) is 0 Å². The Labute approximate surface area is 82.9 Å². The number of amides is 1. The lowest BCUT2D eigenvalue weighted by molar-refractivity contribution is -0.141. The van der Waals surface area contributed by atoms with Crippen molar-refractivity contribution in [2.45, 2.75) is 25.8 Å². The van der Waals surface area contributed by atoms with Gasteiger partial charge in [-0.25, -0.2) is 0 Å². The highest BCUT2D eigenvalue weighted by molar-refractivity contribution is 5.86. The molecule has 0 spiro atoms. The van der Waals surface area contributed by atoms with Crippen molar-refractivity contribution in [1.82, 2.24) is 4.90 Å². The van der Waals surface area contributed by atoms with Gasteiger partial charge in [-0.3, -0.25) is 9.59 Å². The molecule has 0 radical (unpaired) electrons. The second-order valence-corrected chi connectivity index (χ2v) is 3.54. The maximum atomic E-state index is 11.4. The quantitative estimate of drug-likeness (QED) is 0.660. The van der Waals surface area contributed by atoms with Crippen LogP contribution in [0.2, 0.25) is 0 Å². The fourth-order valence-electron chi connectivity index (χ4n) is 1.60. The third-order valence-corrected chi connectivity index (χ3v) is 2.45. The van der Waals surface area contributed by atoms with Gasteiger partial charge in [0.05, 0.1) is 5.92 Å². The van der Waals surface area contributed by atoms with Crippen molar-refractivity contribution in [3.05, 3.63) is 0 Å². The first-order valence-electron chi connectivity index (χ1n) is 4.52. The highest BCUT2D eigenvalue weighted by Gasteiger charge is 2.36. The van der Waals surface area contributed by atoms with Gasteiger partial charge in [0.25, 0.3) is 0 Å². The molecule has 1 amide bonds. The van der Waals surface area contributed by atoms with Gasteiger partial charge < -0.3 is 10.0 Å². The van der Waals surface area contributed by atoms with Gasteiger partial charge >= 0.3 is 5.97 Å². The Kier molecular flexibility index (Phi) is 3.13. The topological polar surface area (TPSA) is 57.6 Å². The van der Waals surface area contributed by atoms with E-state index in [-0.39, 0.29) is 24.9 Å². The molecule has 1 aliphatic heterocycles. The molecule has 0 saturated carbocycles. The van der Waals surface area contributed by atoms with Crippen LogP contribution < -0.4 is 0 Å². The van der Waals surface area contributed by atoms with Crippen molar-refractivity contribution in [2.75, 3.05) is 6.54 Å². The van der Waals surface area contributed by atoms with Crippen LogP contribution in [0.1, 0.15) is 19.8 Å². The zero-order valence-electron chi connectivity index (χ0n) is 8.06. The molecule has 0 aromatic heterocycles. The molecule has 0 aromatic carbocycles. The Bertz CT molecular complexity index is 292. The van der Waals surface area contributed by atoms with Crippen molar-refractivity contribution in [3.8, 4) is 12.3 Å². The molecular weight excluding hydrogens is 182 g/mol. The number of hydrogen-bond donors (Lipinski definition) is 1. The Hall–Kier alpha value is -1.50. The summed E-state index contributed by atoms with van der Waals surface area (Å²) in [6.07, 6.45) is 5.70. The van der Waals surface area contributed by atoms with Crippen LogP contribution in [0.3, 0.4) is 0 Å². The molecule has 0 aliphatic carbocycles. The molecule has 2 unspecified atom stereocenters. The van der Waals surface area contributed by atoms with Gasteiger partial charge in [-0.15, -0.1) is 12.3 Å². The molecule has 1 aliphatic rings. The van der Waals surface area contributed by atoms with E-state index in [0.717, 1.165) is 0 Å². The third-order valence-electron chi connectivity index (χ3n) is 2.45. The third kappa shape index (κ3) is 2.05. The fourth-order valence-corrected chi connectivity index (χ4v) is 1.60. The zero-order valence-corrected chi connectivity index (χ0v) is 8.06. The highest BCUT2D eigenvalue weighted by atomic mass is 16.4. The Balaban J connectivity index is 2.61. The molecule has 4 heteroatoms. The van der Waals surface area contributed by atoms with Crippen LogP contribution in [0.5, 0.6) is 0 Å². The minimum Gasteiger partial charge on any atom is -0.481 e. The normalized spacial score (nSPS) is 23.3. The molecule has 2 atom stereocenters. The smallest absolute Gasteiger partial charge is 0.308 e. The number of likely N-dealkylation sites (tertiary alicyclic amines) is 1. The summed E-state index contributed by atoms with van der Waals surface area (Å²) in [6.45, 7) is 2.12. The average Bonchev–Trinajstić information content (AvgIpc) is 2.48. The maximum absolute atomic E-state index is 11.4. The van der Waals surface area contributed by atoms with Gasteiger partial charge in [0.1, 0.15) is 0 Å². The Morgan fingerprint density at radius 1 is 1.86 bits per heavy atom. The molecule has 0 aromatic rings. The lowest BCUT2D eigenvalue weighted by Gasteiger charge is -2.22. The van der Waals surface area contributed by atoms with Gasteiger partial charge in [-0.2, -0.15) is 0 Å². The minimum absolute atomic E-state index is 0.0585. The summed E-state index contributed by atoms with van der Waals surface area (Å²) in [5.41, 5.74) is 0. The van der Waals surface area contributed by atoms with Crippen LogP contribution in [-0.4, -0.2) is 34.5 Å². The fraction of sp³-hybridized carbons (Fsp3) is 0.600.